The standard InChI is InChI=1S/C18H28O6/c1-7-18-10-11(13(19)23-18)8-9-12(18)22-15(21)17(5,6)24-14(20)16(2,3)4/h11-12H,7-10H2,1-6H3. The van der Waals surface area contributed by atoms with Crippen molar-refractivity contribution >= 4 is 17.9 Å². The summed E-state index contributed by atoms with van der Waals surface area (Å²) in [6.45, 7) is 10.1. The monoisotopic (exact) mass is 340 g/mol. The minimum atomic E-state index is -1.39. The van der Waals surface area contributed by atoms with E-state index in [2.05, 4.69) is 0 Å². The first-order valence-electron chi connectivity index (χ1n) is 8.59. The quantitative estimate of drug-likeness (QED) is 0.578. The highest BCUT2D eigenvalue weighted by Gasteiger charge is 2.56. The number of carbonyl (C=O) groups excluding carboxylic acids is 3. The van der Waals surface area contributed by atoms with Gasteiger partial charge >= 0.3 is 17.9 Å². The van der Waals surface area contributed by atoms with Crippen LogP contribution in [0.2, 0.25) is 0 Å². The summed E-state index contributed by atoms with van der Waals surface area (Å²) in [5.41, 5.74) is -2.83. The Hall–Kier alpha value is -1.59. The number of rotatable bonds is 4. The molecule has 1 saturated heterocycles. The Morgan fingerprint density at radius 3 is 2.33 bits per heavy atom. The Labute approximate surface area is 143 Å². The summed E-state index contributed by atoms with van der Waals surface area (Å²) in [4.78, 5) is 36.5. The molecule has 1 aliphatic heterocycles. The zero-order valence-corrected chi connectivity index (χ0v) is 15.4. The lowest BCUT2D eigenvalue weighted by Crippen LogP contribution is -2.50. The molecule has 0 aromatic carbocycles. The molecule has 24 heavy (non-hydrogen) atoms. The van der Waals surface area contributed by atoms with Gasteiger partial charge in [0.15, 0.2) is 0 Å². The lowest BCUT2D eigenvalue weighted by Gasteiger charge is -2.38. The van der Waals surface area contributed by atoms with Gasteiger partial charge in [0.2, 0.25) is 5.60 Å². The van der Waals surface area contributed by atoms with E-state index >= 15 is 0 Å². The average molecular weight is 340 g/mol. The molecule has 2 bridgehead atoms. The lowest BCUT2D eigenvalue weighted by molar-refractivity contribution is -0.198. The van der Waals surface area contributed by atoms with E-state index in [1.54, 1.807) is 20.8 Å². The van der Waals surface area contributed by atoms with Crippen molar-refractivity contribution in [2.45, 2.75) is 84.5 Å². The van der Waals surface area contributed by atoms with E-state index in [0.717, 1.165) is 0 Å². The Kier molecular flexibility index (Phi) is 4.72. The Bertz CT molecular complexity index is 544. The number of carbonyl (C=O) groups is 3. The molecule has 1 saturated carbocycles. The summed E-state index contributed by atoms with van der Waals surface area (Å²) < 4.78 is 16.6. The lowest BCUT2D eigenvalue weighted by atomic mass is 9.77. The molecule has 136 valence electrons. The summed E-state index contributed by atoms with van der Waals surface area (Å²) in [6.07, 6.45) is 1.92. The summed E-state index contributed by atoms with van der Waals surface area (Å²) in [6, 6.07) is 0. The van der Waals surface area contributed by atoms with Gasteiger partial charge in [-0.15, -0.1) is 0 Å². The first-order valence-corrected chi connectivity index (χ1v) is 8.59. The van der Waals surface area contributed by atoms with Crippen molar-refractivity contribution in [1.82, 2.24) is 0 Å². The van der Waals surface area contributed by atoms with E-state index in [9.17, 15) is 14.4 Å². The van der Waals surface area contributed by atoms with Gasteiger partial charge < -0.3 is 14.2 Å². The molecule has 1 heterocycles. The van der Waals surface area contributed by atoms with Crippen molar-refractivity contribution in [1.29, 1.82) is 0 Å². The Morgan fingerprint density at radius 2 is 1.79 bits per heavy atom. The molecule has 3 atom stereocenters. The molecule has 3 unspecified atom stereocenters. The molecule has 0 N–H and O–H groups in total. The highest BCUT2D eigenvalue weighted by molar-refractivity contribution is 5.84. The van der Waals surface area contributed by atoms with Crippen LogP contribution in [-0.2, 0) is 28.6 Å². The van der Waals surface area contributed by atoms with E-state index in [0.29, 0.717) is 25.7 Å². The molecule has 1 aliphatic carbocycles. The van der Waals surface area contributed by atoms with Gasteiger partial charge in [-0.2, -0.15) is 0 Å². The average Bonchev–Trinajstić information content (AvgIpc) is 2.73. The smallest absolute Gasteiger partial charge is 0.350 e. The van der Waals surface area contributed by atoms with Gasteiger partial charge in [0.05, 0.1) is 11.3 Å². The maximum absolute atomic E-state index is 12.6. The van der Waals surface area contributed by atoms with E-state index in [1.165, 1.54) is 13.8 Å². The highest BCUT2D eigenvalue weighted by atomic mass is 16.6. The Balaban J connectivity index is 2.08. The van der Waals surface area contributed by atoms with Crippen LogP contribution in [0.15, 0.2) is 0 Å². The van der Waals surface area contributed by atoms with Crippen LogP contribution in [-0.4, -0.2) is 35.2 Å². The van der Waals surface area contributed by atoms with E-state index in [1.807, 2.05) is 6.92 Å². The summed E-state index contributed by atoms with van der Waals surface area (Å²) in [5, 5.41) is 0. The van der Waals surface area contributed by atoms with Crippen molar-refractivity contribution in [2.24, 2.45) is 11.3 Å². The molecular formula is C18H28O6. The first kappa shape index (κ1) is 18.7. The Morgan fingerprint density at radius 1 is 1.17 bits per heavy atom. The SMILES string of the molecule is CCC12CC(CCC1OC(=O)C(C)(C)OC(=O)C(C)(C)C)C(=O)O2. The van der Waals surface area contributed by atoms with Gasteiger partial charge in [-0.25, -0.2) is 4.79 Å². The third-order valence-electron chi connectivity index (χ3n) is 4.89. The van der Waals surface area contributed by atoms with Crippen molar-refractivity contribution < 1.29 is 28.6 Å². The van der Waals surface area contributed by atoms with E-state index in [4.69, 9.17) is 14.2 Å². The minimum Gasteiger partial charge on any atom is -0.455 e. The second-order valence-corrected chi connectivity index (χ2v) is 8.36. The number of hydrogen-bond donors (Lipinski definition) is 0. The maximum Gasteiger partial charge on any atom is 0.350 e. The summed E-state index contributed by atoms with van der Waals surface area (Å²) in [5.74, 6) is -1.37. The summed E-state index contributed by atoms with van der Waals surface area (Å²) in [7, 11) is 0. The molecular weight excluding hydrogens is 312 g/mol. The largest absolute Gasteiger partial charge is 0.455 e. The van der Waals surface area contributed by atoms with Crippen molar-refractivity contribution in [3.05, 3.63) is 0 Å². The molecule has 2 rings (SSSR count). The van der Waals surface area contributed by atoms with Crippen LogP contribution in [0.5, 0.6) is 0 Å². The van der Waals surface area contributed by atoms with Gasteiger partial charge in [0.25, 0.3) is 0 Å². The molecule has 6 nitrogen and oxygen atoms in total. The van der Waals surface area contributed by atoms with Crippen LogP contribution in [0, 0.1) is 11.3 Å². The second kappa shape index (κ2) is 6.05. The third-order valence-corrected chi connectivity index (χ3v) is 4.89. The van der Waals surface area contributed by atoms with Crippen molar-refractivity contribution in [2.75, 3.05) is 0 Å². The predicted molar refractivity (Wildman–Crippen MR) is 86.0 cm³/mol. The zero-order valence-electron chi connectivity index (χ0n) is 15.4. The molecule has 0 amide bonds. The van der Waals surface area contributed by atoms with Crippen LogP contribution in [0.25, 0.3) is 0 Å². The van der Waals surface area contributed by atoms with Gasteiger partial charge in [-0.05, 0) is 53.9 Å². The van der Waals surface area contributed by atoms with Gasteiger partial charge in [-0.1, -0.05) is 6.92 Å². The van der Waals surface area contributed by atoms with Gasteiger partial charge in [0, 0.05) is 6.42 Å². The predicted octanol–water partition coefficient (Wildman–Crippen LogP) is 2.77. The fraction of sp³-hybridized carbons (Fsp3) is 0.833. The van der Waals surface area contributed by atoms with Crippen LogP contribution in [0.3, 0.4) is 0 Å². The molecule has 0 aromatic rings. The number of ether oxygens (including phenoxy) is 3. The fourth-order valence-electron chi connectivity index (χ4n) is 3.17. The summed E-state index contributed by atoms with van der Waals surface area (Å²) >= 11 is 0. The van der Waals surface area contributed by atoms with Crippen molar-refractivity contribution in [3.63, 3.8) is 0 Å². The zero-order chi connectivity index (χ0) is 18.3. The molecule has 6 heteroatoms. The van der Waals surface area contributed by atoms with Crippen LogP contribution in [0.1, 0.15) is 67.2 Å². The second-order valence-electron chi connectivity index (χ2n) is 8.36. The molecule has 0 aromatic heterocycles. The van der Waals surface area contributed by atoms with Gasteiger partial charge in [0.1, 0.15) is 11.7 Å². The van der Waals surface area contributed by atoms with Crippen LogP contribution in [0.4, 0.5) is 0 Å². The fourth-order valence-corrected chi connectivity index (χ4v) is 3.17. The number of esters is 3. The molecule has 2 fully saturated rings. The number of hydrogen-bond acceptors (Lipinski definition) is 6. The van der Waals surface area contributed by atoms with E-state index in [-0.39, 0.29) is 11.9 Å². The maximum atomic E-state index is 12.6. The number of fused-ring (bicyclic) bond motifs is 2. The topological polar surface area (TPSA) is 78.9 Å². The first-order chi connectivity index (χ1) is 10.9. The minimum absolute atomic E-state index is 0.0911. The van der Waals surface area contributed by atoms with E-state index < -0.39 is 34.7 Å². The highest BCUT2D eigenvalue weighted by Crippen LogP contribution is 2.46. The van der Waals surface area contributed by atoms with Crippen LogP contribution >= 0.6 is 0 Å². The van der Waals surface area contributed by atoms with Crippen molar-refractivity contribution in [3.8, 4) is 0 Å². The molecule has 2 aliphatic rings. The molecule has 0 radical (unpaired) electrons. The van der Waals surface area contributed by atoms with Crippen LogP contribution < -0.4 is 0 Å². The third kappa shape index (κ3) is 3.42. The van der Waals surface area contributed by atoms with Gasteiger partial charge in [-0.3, -0.25) is 9.59 Å². The molecule has 0 spiro atoms. The normalized spacial score (nSPS) is 29.8.